The Morgan fingerprint density at radius 2 is 1.81 bits per heavy atom. The van der Waals surface area contributed by atoms with E-state index in [4.69, 9.17) is 13.9 Å². The lowest BCUT2D eigenvalue weighted by Crippen LogP contribution is -2.21. The molecule has 0 aliphatic rings. The molecule has 2 aromatic rings. The first-order valence-electron chi connectivity index (χ1n) is 6.88. The highest BCUT2D eigenvalue weighted by atomic mass is 16.5. The molecule has 0 radical (unpaired) electrons. The van der Waals surface area contributed by atoms with Gasteiger partial charge in [0.2, 0.25) is 11.8 Å². The van der Waals surface area contributed by atoms with Crippen LogP contribution in [0.5, 0.6) is 11.5 Å². The van der Waals surface area contributed by atoms with Gasteiger partial charge in [-0.15, -0.1) is 10.2 Å². The van der Waals surface area contributed by atoms with Gasteiger partial charge in [-0.2, -0.15) is 0 Å². The number of ether oxygens (including phenoxy) is 2. The highest BCUT2D eigenvalue weighted by Crippen LogP contribution is 2.28. The highest BCUT2D eigenvalue weighted by molar-refractivity contribution is 5.43. The second-order valence-corrected chi connectivity index (χ2v) is 4.99. The van der Waals surface area contributed by atoms with Crippen LogP contribution in [0.4, 0.5) is 0 Å². The average Bonchev–Trinajstić information content (AvgIpc) is 2.92. The second kappa shape index (κ2) is 7.08. The molecule has 1 N–H and O–H groups in total. The molecule has 6 nitrogen and oxygen atoms in total. The van der Waals surface area contributed by atoms with Crippen LogP contribution in [0, 0.1) is 0 Å². The number of rotatable bonds is 7. The molecular formula is C15H21N3O3. The number of benzene rings is 1. The molecule has 1 aromatic carbocycles. The first kappa shape index (κ1) is 15.3. The molecule has 0 spiro atoms. The van der Waals surface area contributed by atoms with Gasteiger partial charge < -0.3 is 19.2 Å². The fourth-order valence-corrected chi connectivity index (χ4v) is 1.89. The van der Waals surface area contributed by atoms with E-state index < -0.39 is 0 Å². The Balaban J connectivity index is 2.04. The molecule has 0 aliphatic heterocycles. The smallest absolute Gasteiger partial charge is 0.230 e. The van der Waals surface area contributed by atoms with Crippen LogP contribution in [0.2, 0.25) is 0 Å². The number of hydrogen-bond acceptors (Lipinski definition) is 6. The van der Waals surface area contributed by atoms with Crippen molar-refractivity contribution in [3.05, 3.63) is 35.5 Å². The number of aromatic nitrogens is 2. The Kier molecular flexibility index (Phi) is 5.16. The first-order valence-corrected chi connectivity index (χ1v) is 6.88. The normalized spacial score (nSPS) is 10.9. The minimum Gasteiger partial charge on any atom is -0.493 e. The molecule has 1 aromatic heterocycles. The molecule has 0 atom stereocenters. The van der Waals surface area contributed by atoms with E-state index >= 15 is 0 Å². The Bertz CT molecular complexity index is 581. The maximum absolute atomic E-state index is 5.61. The lowest BCUT2D eigenvalue weighted by molar-refractivity contribution is 0.354. The van der Waals surface area contributed by atoms with Gasteiger partial charge in [0.25, 0.3) is 0 Å². The van der Waals surface area contributed by atoms with Crippen LogP contribution in [0.15, 0.2) is 22.6 Å². The summed E-state index contributed by atoms with van der Waals surface area (Å²) in [7, 11) is 3.23. The largest absolute Gasteiger partial charge is 0.493 e. The summed E-state index contributed by atoms with van der Waals surface area (Å²) in [6.45, 7) is 4.72. The number of nitrogens with zero attached hydrogens (tertiary/aromatic N) is 2. The third-order valence-electron chi connectivity index (χ3n) is 2.97. The van der Waals surface area contributed by atoms with Crippen LogP contribution in [0.1, 0.15) is 31.2 Å². The number of nitrogens with one attached hydrogen (secondary N) is 1. The van der Waals surface area contributed by atoms with Gasteiger partial charge in [-0.3, -0.25) is 0 Å². The summed E-state index contributed by atoms with van der Waals surface area (Å²) in [6.07, 6.45) is 0.565. The van der Waals surface area contributed by atoms with Crippen LogP contribution < -0.4 is 14.8 Å². The summed E-state index contributed by atoms with van der Waals surface area (Å²) in [5.41, 5.74) is 1.03. The molecule has 21 heavy (non-hydrogen) atoms. The molecule has 0 saturated heterocycles. The van der Waals surface area contributed by atoms with E-state index in [0.717, 1.165) is 5.56 Å². The molecular weight excluding hydrogens is 270 g/mol. The summed E-state index contributed by atoms with van der Waals surface area (Å²) < 4.78 is 16.1. The summed E-state index contributed by atoms with van der Waals surface area (Å²) in [6, 6.07) is 6.12. The molecule has 6 heteroatoms. The lowest BCUT2D eigenvalue weighted by atomic mass is 10.1. The van der Waals surface area contributed by atoms with Crippen molar-refractivity contribution < 1.29 is 13.9 Å². The predicted molar refractivity (Wildman–Crippen MR) is 78.6 cm³/mol. The van der Waals surface area contributed by atoms with Crippen molar-refractivity contribution in [2.24, 2.45) is 0 Å². The Hall–Kier alpha value is -2.08. The van der Waals surface area contributed by atoms with Gasteiger partial charge in [0.05, 0.1) is 27.2 Å². The molecule has 2 rings (SSSR count). The van der Waals surface area contributed by atoms with Crippen molar-refractivity contribution in [3.63, 3.8) is 0 Å². The zero-order valence-electron chi connectivity index (χ0n) is 12.8. The Morgan fingerprint density at radius 1 is 1.10 bits per heavy atom. The minimum atomic E-state index is 0.381. The molecule has 0 saturated carbocycles. The molecule has 1 heterocycles. The summed E-state index contributed by atoms with van der Waals surface area (Å²) in [4.78, 5) is 0. The van der Waals surface area contributed by atoms with E-state index in [-0.39, 0.29) is 0 Å². The van der Waals surface area contributed by atoms with E-state index in [1.54, 1.807) is 14.2 Å². The second-order valence-electron chi connectivity index (χ2n) is 4.99. The number of methoxy groups -OCH3 is 2. The van der Waals surface area contributed by atoms with E-state index in [1.165, 1.54) is 0 Å². The molecule has 114 valence electrons. The van der Waals surface area contributed by atoms with Gasteiger partial charge in [-0.05, 0) is 17.7 Å². The number of hydrogen-bond donors (Lipinski definition) is 1. The Morgan fingerprint density at radius 3 is 2.48 bits per heavy atom. The van der Waals surface area contributed by atoms with Crippen molar-refractivity contribution >= 4 is 0 Å². The summed E-state index contributed by atoms with van der Waals surface area (Å²) in [5, 5.41) is 11.3. The lowest BCUT2D eigenvalue weighted by Gasteiger charge is -2.08. The van der Waals surface area contributed by atoms with Gasteiger partial charge >= 0.3 is 0 Å². The zero-order valence-corrected chi connectivity index (χ0v) is 12.8. The fraction of sp³-hybridized carbons (Fsp3) is 0.467. The minimum absolute atomic E-state index is 0.381. The van der Waals surface area contributed by atoms with Crippen molar-refractivity contribution in [1.29, 1.82) is 0 Å². The molecule has 0 aliphatic carbocycles. The van der Waals surface area contributed by atoms with Crippen LogP contribution in [-0.4, -0.2) is 30.5 Å². The molecule has 0 unspecified atom stereocenters. The molecule has 0 bridgehead atoms. The topological polar surface area (TPSA) is 69.4 Å². The van der Waals surface area contributed by atoms with Crippen LogP contribution in [-0.2, 0) is 13.0 Å². The van der Waals surface area contributed by atoms with E-state index in [2.05, 4.69) is 29.4 Å². The Labute approximate surface area is 124 Å². The van der Waals surface area contributed by atoms with Gasteiger partial charge in [0.15, 0.2) is 11.5 Å². The average molecular weight is 291 g/mol. The van der Waals surface area contributed by atoms with Crippen molar-refractivity contribution in [2.75, 3.05) is 14.2 Å². The SMILES string of the molecule is COc1ccc(Cc2nnc(CNC(C)C)o2)cc1OC. The van der Waals surface area contributed by atoms with E-state index in [9.17, 15) is 0 Å². The third-order valence-corrected chi connectivity index (χ3v) is 2.97. The van der Waals surface area contributed by atoms with Crippen LogP contribution >= 0.6 is 0 Å². The van der Waals surface area contributed by atoms with Crippen LogP contribution in [0.25, 0.3) is 0 Å². The van der Waals surface area contributed by atoms with Gasteiger partial charge in [0, 0.05) is 6.04 Å². The van der Waals surface area contributed by atoms with E-state index in [0.29, 0.717) is 42.3 Å². The fourth-order valence-electron chi connectivity index (χ4n) is 1.89. The van der Waals surface area contributed by atoms with Gasteiger partial charge in [0.1, 0.15) is 0 Å². The van der Waals surface area contributed by atoms with Crippen LogP contribution in [0.3, 0.4) is 0 Å². The first-order chi connectivity index (χ1) is 10.1. The molecule has 0 fully saturated rings. The predicted octanol–water partition coefficient (Wildman–Crippen LogP) is 2.18. The third kappa shape index (κ3) is 4.19. The van der Waals surface area contributed by atoms with Crippen molar-refractivity contribution in [1.82, 2.24) is 15.5 Å². The standard InChI is InChI=1S/C15H21N3O3/c1-10(2)16-9-15-18-17-14(21-15)8-11-5-6-12(19-3)13(7-11)20-4/h5-7,10,16H,8-9H2,1-4H3. The zero-order chi connectivity index (χ0) is 15.2. The summed E-state index contributed by atoms with van der Waals surface area (Å²) in [5.74, 6) is 2.58. The highest BCUT2D eigenvalue weighted by Gasteiger charge is 2.10. The van der Waals surface area contributed by atoms with Crippen molar-refractivity contribution in [3.8, 4) is 11.5 Å². The monoisotopic (exact) mass is 291 g/mol. The van der Waals surface area contributed by atoms with Crippen molar-refractivity contribution in [2.45, 2.75) is 32.9 Å². The van der Waals surface area contributed by atoms with E-state index in [1.807, 2.05) is 18.2 Å². The summed E-state index contributed by atoms with van der Waals surface area (Å²) >= 11 is 0. The maximum atomic E-state index is 5.61. The quantitative estimate of drug-likeness (QED) is 0.843. The maximum Gasteiger partial charge on any atom is 0.230 e. The van der Waals surface area contributed by atoms with Gasteiger partial charge in [-0.25, -0.2) is 0 Å². The van der Waals surface area contributed by atoms with Gasteiger partial charge in [-0.1, -0.05) is 19.9 Å². The molecule has 0 amide bonds.